The largest absolute Gasteiger partial charge is 0.416 e. The van der Waals surface area contributed by atoms with Gasteiger partial charge in [-0.05, 0) is 43.7 Å². The van der Waals surface area contributed by atoms with Crippen LogP contribution in [-0.2, 0) is 11.0 Å². The lowest BCUT2D eigenvalue weighted by Gasteiger charge is -2.20. The quantitative estimate of drug-likeness (QED) is 0.662. The first-order chi connectivity index (χ1) is 14.8. The lowest BCUT2D eigenvalue weighted by molar-refractivity contribution is -0.137. The number of carbonyl (C=O) groups is 2. The van der Waals surface area contributed by atoms with E-state index in [9.17, 15) is 22.8 Å². The number of para-hydroxylation sites is 2. The van der Waals surface area contributed by atoms with Crippen LogP contribution in [-0.4, -0.2) is 28.1 Å². The average molecular weight is 428 g/mol. The molecule has 1 N–H and O–H groups in total. The molecule has 1 aliphatic heterocycles. The van der Waals surface area contributed by atoms with Crippen molar-refractivity contribution >= 4 is 23.2 Å². The minimum atomic E-state index is -4.48. The highest BCUT2D eigenvalue weighted by Gasteiger charge is 2.31. The van der Waals surface area contributed by atoms with Crippen molar-refractivity contribution in [3.05, 3.63) is 71.5 Å². The number of benzene rings is 2. The fraction of sp³-hybridized carbons (Fsp3) is 0.227. The molecule has 2 heterocycles. The standard InChI is InChI=1S/C22H19F3N4O2/c1-14-17(13-26-29(14)16-7-4-6-15(12-16)22(23,24)25)21(31)27-18-8-2-3-9-19(18)28-11-5-10-20(28)30/h2-4,6-9,12-13H,5,10-11H2,1H3,(H,27,31). The Morgan fingerprint density at radius 1 is 1.13 bits per heavy atom. The number of rotatable bonds is 4. The smallest absolute Gasteiger partial charge is 0.320 e. The van der Waals surface area contributed by atoms with E-state index >= 15 is 0 Å². The molecule has 2 aromatic carbocycles. The van der Waals surface area contributed by atoms with E-state index in [-0.39, 0.29) is 17.2 Å². The Hall–Kier alpha value is -3.62. The third kappa shape index (κ3) is 4.03. The van der Waals surface area contributed by atoms with Gasteiger partial charge >= 0.3 is 6.18 Å². The molecule has 6 nitrogen and oxygen atoms in total. The molecule has 4 rings (SSSR count). The summed E-state index contributed by atoms with van der Waals surface area (Å²) in [6, 6.07) is 11.7. The van der Waals surface area contributed by atoms with E-state index in [1.807, 2.05) is 0 Å². The topological polar surface area (TPSA) is 67.2 Å². The first kappa shape index (κ1) is 20.6. The van der Waals surface area contributed by atoms with Crippen molar-refractivity contribution in [3.8, 4) is 5.69 Å². The van der Waals surface area contributed by atoms with E-state index in [1.165, 1.54) is 23.0 Å². The van der Waals surface area contributed by atoms with Crippen LogP contribution in [0.1, 0.15) is 34.5 Å². The van der Waals surface area contributed by atoms with Crippen molar-refractivity contribution in [2.24, 2.45) is 0 Å². The van der Waals surface area contributed by atoms with E-state index in [0.29, 0.717) is 30.0 Å². The summed E-state index contributed by atoms with van der Waals surface area (Å²) in [4.78, 5) is 26.7. The van der Waals surface area contributed by atoms with Crippen LogP contribution in [0.4, 0.5) is 24.5 Å². The Morgan fingerprint density at radius 2 is 1.90 bits per heavy atom. The van der Waals surface area contributed by atoms with Gasteiger partial charge in [0, 0.05) is 13.0 Å². The summed E-state index contributed by atoms with van der Waals surface area (Å²) in [5.74, 6) is -0.468. The number of hydrogen-bond donors (Lipinski definition) is 1. The zero-order valence-corrected chi connectivity index (χ0v) is 16.6. The van der Waals surface area contributed by atoms with Gasteiger partial charge in [-0.25, -0.2) is 4.68 Å². The molecule has 1 fully saturated rings. The van der Waals surface area contributed by atoms with Crippen LogP contribution in [0.3, 0.4) is 0 Å². The highest BCUT2D eigenvalue weighted by Crippen LogP contribution is 2.32. The average Bonchev–Trinajstić information content (AvgIpc) is 3.33. The lowest BCUT2D eigenvalue weighted by atomic mass is 10.2. The predicted octanol–water partition coefficient (Wildman–Crippen LogP) is 4.58. The second-order valence-electron chi connectivity index (χ2n) is 7.22. The fourth-order valence-electron chi connectivity index (χ4n) is 3.61. The van der Waals surface area contributed by atoms with Gasteiger partial charge in [-0.3, -0.25) is 9.59 Å². The Morgan fingerprint density at radius 3 is 2.61 bits per heavy atom. The van der Waals surface area contributed by atoms with E-state index in [0.717, 1.165) is 18.6 Å². The van der Waals surface area contributed by atoms with Crippen LogP contribution in [0.5, 0.6) is 0 Å². The first-order valence-corrected chi connectivity index (χ1v) is 9.68. The molecule has 0 unspecified atom stereocenters. The highest BCUT2D eigenvalue weighted by atomic mass is 19.4. The second kappa shape index (κ2) is 7.90. The summed E-state index contributed by atoms with van der Waals surface area (Å²) in [6.07, 6.45) is -1.95. The summed E-state index contributed by atoms with van der Waals surface area (Å²) in [5, 5.41) is 6.91. The fourth-order valence-corrected chi connectivity index (χ4v) is 3.61. The number of aromatic nitrogens is 2. The molecular weight excluding hydrogens is 409 g/mol. The highest BCUT2D eigenvalue weighted by molar-refractivity contribution is 6.08. The van der Waals surface area contributed by atoms with Crippen molar-refractivity contribution in [1.82, 2.24) is 9.78 Å². The number of halogens is 3. The summed E-state index contributed by atoms with van der Waals surface area (Å²) >= 11 is 0. The van der Waals surface area contributed by atoms with E-state index in [2.05, 4.69) is 10.4 Å². The van der Waals surface area contributed by atoms with E-state index < -0.39 is 17.6 Å². The minimum Gasteiger partial charge on any atom is -0.320 e. The molecule has 1 aromatic heterocycles. The van der Waals surface area contributed by atoms with Crippen molar-refractivity contribution in [2.75, 3.05) is 16.8 Å². The van der Waals surface area contributed by atoms with Crippen molar-refractivity contribution in [3.63, 3.8) is 0 Å². The number of amides is 2. The number of alkyl halides is 3. The van der Waals surface area contributed by atoms with Gasteiger partial charge in [0.15, 0.2) is 0 Å². The Balaban J connectivity index is 1.61. The third-order valence-electron chi connectivity index (χ3n) is 5.19. The van der Waals surface area contributed by atoms with E-state index in [4.69, 9.17) is 0 Å². The number of hydrogen-bond acceptors (Lipinski definition) is 3. The van der Waals surface area contributed by atoms with Crippen LogP contribution in [0.2, 0.25) is 0 Å². The lowest BCUT2D eigenvalue weighted by Crippen LogP contribution is -2.25. The molecular formula is C22H19F3N4O2. The van der Waals surface area contributed by atoms with Crippen LogP contribution < -0.4 is 10.2 Å². The normalized spacial score (nSPS) is 14.2. The molecule has 0 spiro atoms. The third-order valence-corrected chi connectivity index (χ3v) is 5.19. The minimum absolute atomic E-state index is 0.00440. The van der Waals surface area contributed by atoms with Crippen LogP contribution in [0, 0.1) is 6.92 Å². The van der Waals surface area contributed by atoms with Gasteiger partial charge in [-0.1, -0.05) is 18.2 Å². The van der Waals surface area contributed by atoms with Gasteiger partial charge in [0.05, 0.1) is 40.1 Å². The zero-order chi connectivity index (χ0) is 22.2. The number of carbonyl (C=O) groups excluding carboxylic acids is 2. The first-order valence-electron chi connectivity index (χ1n) is 9.68. The van der Waals surface area contributed by atoms with Gasteiger partial charge in [-0.2, -0.15) is 18.3 Å². The molecule has 1 aliphatic rings. The molecule has 31 heavy (non-hydrogen) atoms. The molecule has 9 heteroatoms. The molecule has 1 saturated heterocycles. The molecule has 3 aromatic rings. The number of nitrogens with zero attached hydrogens (tertiary/aromatic N) is 3. The monoisotopic (exact) mass is 428 g/mol. The summed E-state index contributed by atoms with van der Waals surface area (Å²) in [6.45, 7) is 2.19. The number of anilines is 2. The maximum atomic E-state index is 13.0. The summed E-state index contributed by atoms with van der Waals surface area (Å²) in [5.41, 5.74) is 1.12. The van der Waals surface area contributed by atoms with Gasteiger partial charge in [0.2, 0.25) is 5.91 Å². The Labute approximate surface area is 176 Å². The van der Waals surface area contributed by atoms with Crippen LogP contribution in [0.25, 0.3) is 5.69 Å². The van der Waals surface area contributed by atoms with Crippen molar-refractivity contribution in [1.29, 1.82) is 0 Å². The van der Waals surface area contributed by atoms with Crippen LogP contribution >= 0.6 is 0 Å². The molecule has 0 bridgehead atoms. The van der Waals surface area contributed by atoms with E-state index in [1.54, 1.807) is 36.1 Å². The second-order valence-corrected chi connectivity index (χ2v) is 7.22. The SMILES string of the molecule is Cc1c(C(=O)Nc2ccccc2N2CCCC2=O)cnn1-c1cccc(C(F)(F)F)c1. The maximum absolute atomic E-state index is 13.0. The van der Waals surface area contributed by atoms with Crippen molar-refractivity contribution < 1.29 is 22.8 Å². The summed E-state index contributed by atoms with van der Waals surface area (Å²) in [7, 11) is 0. The Bertz CT molecular complexity index is 1150. The zero-order valence-electron chi connectivity index (χ0n) is 16.6. The molecule has 0 saturated carbocycles. The molecule has 2 amide bonds. The molecule has 0 atom stereocenters. The van der Waals surface area contributed by atoms with Crippen LogP contribution in [0.15, 0.2) is 54.7 Å². The Kier molecular flexibility index (Phi) is 5.26. The van der Waals surface area contributed by atoms with Gasteiger partial charge in [0.1, 0.15) is 0 Å². The summed E-state index contributed by atoms with van der Waals surface area (Å²) < 4.78 is 40.4. The van der Waals surface area contributed by atoms with Crippen molar-refractivity contribution in [2.45, 2.75) is 25.9 Å². The van der Waals surface area contributed by atoms with Gasteiger partial charge < -0.3 is 10.2 Å². The molecule has 0 radical (unpaired) electrons. The van der Waals surface area contributed by atoms with Gasteiger partial charge in [-0.15, -0.1) is 0 Å². The molecule has 0 aliphatic carbocycles. The predicted molar refractivity (Wildman–Crippen MR) is 109 cm³/mol. The number of nitrogens with one attached hydrogen (secondary N) is 1. The molecule has 160 valence electrons. The maximum Gasteiger partial charge on any atom is 0.416 e. The van der Waals surface area contributed by atoms with Gasteiger partial charge in [0.25, 0.3) is 5.91 Å².